The first-order valence-corrected chi connectivity index (χ1v) is 12.9. The highest BCUT2D eigenvalue weighted by molar-refractivity contribution is 14.2. The number of fused-ring (bicyclic) bond motifs is 1. The molecule has 1 aliphatic rings. The number of benzene rings is 1. The first kappa shape index (κ1) is 20.3. The molecule has 29 heavy (non-hydrogen) atoms. The summed E-state index contributed by atoms with van der Waals surface area (Å²) in [6, 6.07) is 7.45. The normalized spacial score (nSPS) is 19.4. The SMILES string of the molecule is C=ICCn1ncc2c(Cl)cc(-c3ccc([C@@]4(C)CCCNC4=O)c(=O)[nH]3)cc21. The van der Waals surface area contributed by atoms with Gasteiger partial charge in [-0.05, 0) is 38.0 Å². The molecular weight excluding hydrogens is 503 g/mol. The number of aromatic nitrogens is 3. The molecule has 2 N–H and O–H groups in total. The zero-order valence-electron chi connectivity index (χ0n) is 16.1. The van der Waals surface area contributed by atoms with Gasteiger partial charge in [-0.2, -0.15) is 5.10 Å². The molecule has 0 unspecified atom stereocenters. The highest BCUT2D eigenvalue weighted by atomic mass is 127. The Morgan fingerprint density at radius 3 is 2.90 bits per heavy atom. The van der Waals surface area contributed by atoms with Crippen LogP contribution in [0, 0.1) is 0 Å². The molecule has 8 heteroatoms. The molecule has 3 heterocycles. The third-order valence-electron chi connectivity index (χ3n) is 5.60. The van der Waals surface area contributed by atoms with Crippen LogP contribution in [0.1, 0.15) is 25.3 Å². The van der Waals surface area contributed by atoms with E-state index in [1.54, 1.807) is 12.3 Å². The molecule has 1 amide bonds. The maximum Gasteiger partial charge on any atom is 0.252 e. The zero-order valence-corrected chi connectivity index (χ0v) is 19.0. The van der Waals surface area contributed by atoms with E-state index in [0.717, 1.165) is 33.9 Å². The molecular formula is C21H22ClIN4O2. The van der Waals surface area contributed by atoms with E-state index in [9.17, 15) is 9.59 Å². The summed E-state index contributed by atoms with van der Waals surface area (Å²) in [6.07, 6.45) is 3.29. The summed E-state index contributed by atoms with van der Waals surface area (Å²) in [5.74, 6) is -0.0939. The van der Waals surface area contributed by atoms with Crippen LogP contribution in [0.5, 0.6) is 0 Å². The third kappa shape index (κ3) is 3.66. The maximum absolute atomic E-state index is 12.9. The zero-order chi connectivity index (χ0) is 20.6. The Bertz CT molecular complexity index is 1170. The van der Waals surface area contributed by atoms with Crippen LogP contribution in [0.2, 0.25) is 5.02 Å². The van der Waals surface area contributed by atoms with Gasteiger partial charge in [-0.15, -0.1) is 20.7 Å². The van der Waals surface area contributed by atoms with Gasteiger partial charge in [-0.1, -0.05) is 22.2 Å². The molecule has 0 aliphatic carbocycles. The third-order valence-corrected chi connectivity index (χ3v) is 7.16. The Morgan fingerprint density at radius 2 is 2.17 bits per heavy atom. The Balaban J connectivity index is 1.76. The molecule has 1 atom stereocenters. The van der Waals surface area contributed by atoms with Gasteiger partial charge < -0.3 is 10.3 Å². The Morgan fingerprint density at radius 1 is 1.34 bits per heavy atom. The molecule has 1 aromatic carbocycles. The smallest absolute Gasteiger partial charge is 0.252 e. The molecule has 0 saturated carbocycles. The fourth-order valence-corrected chi connectivity index (χ4v) is 4.96. The van der Waals surface area contributed by atoms with E-state index in [-0.39, 0.29) is 32.2 Å². The molecule has 0 bridgehead atoms. The summed E-state index contributed by atoms with van der Waals surface area (Å²) in [5.41, 5.74) is 1.87. The highest BCUT2D eigenvalue weighted by Gasteiger charge is 2.39. The van der Waals surface area contributed by atoms with Crippen LogP contribution in [0.3, 0.4) is 0 Å². The first-order chi connectivity index (χ1) is 13.9. The van der Waals surface area contributed by atoms with E-state index >= 15 is 0 Å². The minimum atomic E-state index is -0.804. The summed E-state index contributed by atoms with van der Waals surface area (Å²) in [4.78, 5) is 28.3. The first-order valence-electron chi connectivity index (χ1n) is 9.44. The number of rotatable bonds is 5. The number of H-pyrrole nitrogens is 1. The lowest BCUT2D eigenvalue weighted by molar-refractivity contribution is -0.128. The van der Waals surface area contributed by atoms with Gasteiger partial charge in [0.25, 0.3) is 5.56 Å². The predicted molar refractivity (Wildman–Crippen MR) is 126 cm³/mol. The van der Waals surface area contributed by atoms with Crippen molar-refractivity contribution in [2.75, 3.05) is 11.0 Å². The summed E-state index contributed by atoms with van der Waals surface area (Å²) in [7, 11) is 0. The number of pyridine rings is 1. The summed E-state index contributed by atoms with van der Waals surface area (Å²) >= 11 is 6.43. The van der Waals surface area contributed by atoms with Crippen LogP contribution >= 0.6 is 32.3 Å². The minimum Gasteiger partial charge on any atom is -0.355 e. The fourth-order valence-electron chi connectivity index (χ4n) is 3.89. The number of piperidine rings is 1. The fraction of sp³-hybridized carbons (Fsp3) is 0.333. The lowest BCUT2D eigenvalue weighted by Crippen LogP contribution is -2.49. The second-order valence-electron chi connectivity index (χ2n) is 7.44. The van der Waals surface area contributed by atoms with Gasteiger partial charge >= 0.3 is 0 Å². The molecule has 0 spiro atoms. The number of alkyl halides is 1. The number of aromatic amines is 1. The monoisotopic (exact) mass is 524 g/mol. The van der Waals surface area contributed by atoms with E-state index < -0.39 is 5.41 Å². The molecule has 1 saturated heterocycles. The second kappa shape index (κ2) is 8.02. The van der Waals surface area contributed by atoms with E-state index in [2.05, 4.69) is 19.9 Å². The predicted octanol–water partition coefficient (Wildman–Crippen LogP) is 3.62. The average Bonchev–Trinajstić information content (AvgIpc) is 3.12. The molecule has 3 aromatic rings. The maximum atomic E-state index is 12.9. The van der Waals surface area contributed by atoms with Crippen molar-refractivity contribution in [3.05, 3.63) is 51.4 Å². The van der Waals surface area contributed by atoms with Gasteiger partial charge in [0.2, 0.25) is 5.91 Å². The number of amides is 1. The topological polar surface area (TPSA) is 79.8 Å². The standard InChI is InChI=1S/C21H22ClIN4O2/c1-21(6-3-8-24-20(21)29)15-4-5-17(26-19(15)28)13-10-16(22)14-12-25-27(9-7-23-2)18(14)11-13/h4-5,10-12H,2-3,6-9H2,1H3,(H,24,29)(H,26,28)/t21-/m1/s1. The van der Waals surface area contributed by atoms with Crippen molar-refractivity contribution in [2.24, 2.45) is 0 Å². The van der Waals surface area contributed by atoms with E-state index in [1.807, 2.05) is 29.8 Å². The molecule has 1 fully saturated rings. The van der Waals surface area contributed by atoms with Crippen molar-refractivity contribution < 1.29 is 4.79 Å². The van der Waals surface area contributed by atoms with Crippen LogP contribution in [0.4, 0.5) is 0 Å². The Kier molecular flexibility index (Phi) is 5.61. The molecule has 152 valence electrons. The summed E-state index contributed by atoms with van der Waals surface area (Å²) in [5, 5.41) is 8.80. The molecule has 2 aromatic heterocycles. The number of aryl methyl sites for hydroxylation is 1. The van der Waals surface area contributed by atoms with Gasteiger partial charge in [-0.25, -0.2) is 0 Å². The molecule has 6 nitrogen and oxygen atoms in total. The highest BCUT2D eigenvalue weighted by Crippen LogP contribution is 2.32. The lowest BCUT2D eigenvalue weighted by Gasteiger charge is -2.32. The summed E-state index contributed by atoms with van der Waals surface area (Å²) in [6.45, 7) is 3.30. The van der Waals surface area contributed by atoms with Crippen molar-refractivity contribution in [2.45, 2.75) is 31.7 Å². The average molecular weight is 525 g/mol. The number of carbonyl (C=O) groups is 1. The number of carbonyl (C=O) groups excluding carboxylic acids is 1. The van der Waals surface area contributed by atoms with Crippen molar-refractivity contribution in [3.8, 4) is 11.3 Å². The minimum absolute atomic E-state index is 0.0641. The van der Waals surface area contributed by atoms with E-state index in [1.165, 1.54) is 0 Å². The quantitative estimate of drug-likeness (QED) is 0.395. The lowest BCUT2D eigenvalue weighted by atomic mass is 9.76. The van der Waals surface area contributed by atoms with Gasteiger partial charge in [0.15, 0.2) is 0 Å². The number of nitrogens with zero attached hydrogens (tertiary/aromatic N) is 2. The van der Waals surface area contributed by atoms with E-state index in [4.69, 9.17) is 11.6 Å². The van der Waals surface area contributed by atoms with Gasteiger partial charge in [-0.3, -0.25) is 14.3 Å². The van der Waals surface area contributed by atoms with Gasteiger partial charge in [0, 0.05) is 33.2 Å². The van der Waals surface area contributed by atoms with Crippen LogP contribution in [-0.4, -0.2) is 36.2 Å². The van der Waals surface area contributed by atoms with Crippen molar-refractivity contribution in [3.63, 3.8) is 0 Å². The number of hydrogen-bond acceptors (Lipinski definition) is 3. The Labute approximate surface area is 183 Å². The number of hydrogen-bond donors (Lipinski definition) is 2. The summed E-state index contributed by atoms with van der Waals surface area (Å²) < 4.78 is 6.96. The largest absolute Gasteiger partial charge is 0.355 e. The van der Waals surface area contributed by atoms with Crippen molar-refractivity contribution in [1.29, 1.82) is 0 Å². The van der Waals surface area contributed by atoms with Crippen LogP contribution < -0.4 is 10.9 Å². The number of halogens is 2. The van der Waals surface area contributed by atoms with Crippen LogP contribution in [0.15, 0.2) is 35.3 Å². The second-order valence-corrected chi connectivity index (χ2v) is 10.0. The Hall–Kier alpha value is -2.00. The van der Waals surface area contributed by atoms with Crippen LogP contribution in [0.25, 0.3) is 22.2 Å². The van der Waals surface area contributed by atoms with Gasteiger partial charge in [0.05, 0.1) is 28.7 Å². The van der Waals surface area contributed by atoms with Crippen molar-refractivity contribution >= 4 is 53.7 Å². The molecule has 0 radical (unpaired) electrons. The van der Waals surface area contributed by atoms with E-state index in [0.29, 0.717) is 29.2 Å². The van der Waals surface area contributed by atoms with Gasteiger partial charge in [0.1, 0.15) is 0 Å². The molecule has 1 aliphatic heterocycles. The van der Waals surface area contributed by atoms with Crippen LogP contribution in [-0.2, 0) is 16.8 Å². The number of nitrogens with one attached hydrogen (secondary N) is 2. The van der Waals surface area contributed by atoms with Crippen molar-refractivity contribution in [1.82, 2.24) is 20.1 Å². The molecule has 4 rings (SSSR count).